The van der Waals surface area contributed by atoms with E-state index in [1.54, 1.807) is 12.1 Å². The number of benzene rings is 2. The molecule has 0 aliphatic heterocycles. The Morgan fingerprint density at radius 1 is 0.950 bits per heavy atom. The van der Waals surface area contributed by atoms with Crippen molar-refractivity contribution in [2.45, 2.75) is 18.6 Å². The lowest BCUT2D eigenvalue weighted by atomic mass is 10.0. The lowest BCUT2D eigenvalue weighted by Crippen LogP contribution is -2.19. The standard InChI is InChI=1S/C16H16O4/c17-8-7-13(18)16(19)10-5-6-15-12(9-10)11-3-1-2-4-14(11)20-15/h1-6,9,13,16-19H,7-8H2. The highest BCUT2D eigenvalue weighted by Gasteiger charge is 2.19. The molecule has 0 fully saturated rings. The van der Waals surface area contributed by atoms with Crippen molar-refractivity contribution in [2.24, 2.45) is 0 Å². The summed E-state index contributed by atoms with van der Waals surface area (Å²) in [6, 6.07) is 13.0. The van der Waals surface area contributed by atoms with Crippen LogP contribution in [0.3, 0.4) is 0 Å². The molecule has 3 rings (SSSR count). The van der Waals surface area contributed by atoms with Gasteiger partial charge in [-0.3, -0.25) is 0 Å². The van der Waals surface area contributed by atoms with Gasteiger partial charge in [0.05, 0.1) is 6.10 Å². The van der Waals surface area contributed by atoms with Crippen LogP contribution in [0, 0.1) is 0 Å². The minimum Gasteiger partial charge on any atom is -0.456 e. The maximum absolute atomic E-state index is 10.1. The minimum absolute atomic E-state index is 0.144. The molecule has 0 aliphatic carbocycles. The largest absolute Gasteiger partial charge is 0.456 e. The van der Waals surface area contributed by atoms with Gasteiger partial charge in [-0.1, -0.05) is 24.3 Å². The lowest BCUT2D eigenvalue weighted by Gasteiger charge is -2.17. The molecule has 0 aliphatic rings. The van der Waals surface area contributed by atoms with Gasteiger partial charge in [-0.15, -0.1) is 0 Å². The molecule has 2 atom stereocenters. The maximum Gasteiger partial charge on any atom is 0.135 e. The third-order valence-corrected chi connectivity index (χ3v) is 3.53. The van der Waals surface area contributed by atoms with Gasteiger partial charge in [0.1, 0.15) is 17.3 Å². The van der Waals surface area contributed by atoms with Gasteiger partial charge in [-0.2, -0.15) is 0 Å². The number of aliphatic hydroxyl groups is 3. The molecule has 2 aromatic carbocycles. The molecular weight excluding hydrogens is 256 g/mol. The van der Waals surface area contributed by atoms with Crippen LogP contribution in [0.5, 0.6) is 0 Å². The van der Waals surface area contributed by atoms with Gasteiger partial charge in [0, 0.05) is 17.4 Å². The Bertz CT molecular complexity index is 732. The second-order valence-corrected chi connectivity index (χ2v) is 4.88. The van der Waals surface area contributed by atoms with Crippen molar-refractivity contribution < 1.29 is 19.7 Å². The van der Waals surface area contributed by atoms with Gasteiger partial charge in [0.25, 0.3) is 0 Å². The summed E-state index contributed by atoms with van der Waals surface area (Å²) in [4.78, 5) is 0. The monoisotopic (exact) mass is 272 g/mol. The fourth-order valence-electron chi connectivity index (χ4n) is 2.44. The molecule has 4 heteroatoms. The molecule has 0 spiro atoms. The fraction of sp³-hybridized carbons (Fsp3) is 0.250. The van der Waals surface area contributed by atoms with E-state index in [9.17, 15) is 10.2 Å². The van der Waals surface area contributed by atoms with Crippen molar-refractivity contribution in [2.75, 3.05) is 6.61 Å². The zero-order chi connectivity index (χ0) is 14.1. The van der Waals surface area contributed by atoms with Crippen LogP contribution < -0.4 is 0 Å². The number of aliphatic hydroxyl groups excluding tert-OH is 3. The summed E-state index contributed by atoms with van der Waals surface area (Å²) in [5.74, 6) is 0. The van der Waals surface area contributed by atoms with Crippen molar-refractivity contribution in [3.05, 3.63) is 48.0 Å². The molecule has 3 N–H and O–H groups in total. The van der Waals surface area contributed by atoms with Gasteiger partial charge < -0.3 is 19.7 Å². The predicted molar refractivity (Wildman–Crippen MR) is 76.4 cm³/mol. The Hall–Kier alpha value is -1.88. The van der Waals surface area contributed by atoms with E-state index in [2.05, 4.69) is 0 Å². The summed E-state index contributed by atoms with van der Waals surface area (Å²) in [5, 5.41) is 30.6. The second kappa shape index (κ2) is 5.25. The van der Waals surface area contributed by atoms with Crippen LogP contribution in [0.15, 0.2) is 46.9 Å². The van der Waals surface area contributed by atoms with Gasteiger partial charge in [0.2, 0.25) is 0 Å². The Kier molecular flexibility index (Phi) is 3.44. The molecule has 0 saturated carbocycles. The van der Waals surface area contributed by atoms with Crippen LogP contribution >= 0.6 is 0 Å². The van der Waals surface area contributed by atoms with Crippen molar-refractivity contribution in [1.82, 2.24) is 0 Å². The molecule has 104 valence electrons. The first-order valence-corrected chi connectivity index (χ1v) is 6.59. The number of rotatable bonds is 4. The normalized spacial score (nSPS) is 14.8. The van der Waals surface area contributed by atoms with Crippen LogP contribution in [0.4, 0.5) is 0 Å². The van der Waals surface area contributed by atoms with Crippen LogP contribution in [0.2, 0.25) is 0 Å². The molecule has 3 aromatic rings. The number of hydrogen-bond acceptors (Lipinski definition) is 4. The zero-order valence-electron chi connectivity index (χ0n) is 10.9. The highest BCUT2D eigenvalue weighted by molar-refractivity contribution is 6.04. The van der Waals surface area contributed by atoms with E-state index < -0.39 is 12.2 Å². The number of fused-ring (bicyclic) bond motifs is 3. The first kappa shape index (κ1) is 13.1. The molecule has 0 radical (unpaired) electrons. The molecule has 20 heavy (non-hydrogen) atoms. The quantitative estimate of drug-likeness (QED) is 0.681. The topological polar surface area (TPSA) is 73.8 Å². The van der Waals surface area contributed by atoms with E-state index in [1.807, 2.05) is 30.3 Å². The van der Waals surface area contributed by atoms with E-state index in [0.717, 1.165) is 21.9 Å². The van der Waals surface area contributed by atoms with E-state index in [-0.39, 0.29) is 13.0 Å². The number of hydrogen-bond donors (Lipinski definition) is 3. The van der Waals surface area contributed by atoms with Crippen LogP contribution in [-0.2, 0) is 0 Å². The summed E-state index contributed by atoms with van der Waals surface area (Å²) in [7, 11) is 0. The summed E-state index contributed by atoms with van der Waals surface area (Å²) >= 11 is 0. The van der Waals surface area contributed by atoms with Gasteiger partial charge in [0.15, 0.2) is 0 Å². The van der Waals surface area contributed by atoms with E-state index in [4.69, 9.17) is 9.52 Å². The highest BCUT2D eigenvalue weighted by atomic mass is 16.3. The third-order valence-electron chi connectivity index (χ3n) is 3.53. The highest BCUT2D eigenvalue weighted by Crippen LogP contribution is 2.31. The Morgan fingerprint density at radius 2 is 1.70 bits per heavy atom. The maximum atomic E-state index is 10.1. The molecule has 0 amide bonds. The molecule has 0 saturated heterocycles. The first-order valence-electron chi connectivity index (χ1n) is 6.59. The Morgan fingerprint density at radius 3 is 2.50 bits per heavy atom. The summed E-state index contributed by atoms with van der Waals surface area (Å²) in [6.45, 7) is -0.158. The molecular formula is C16H16O4. The lowest BCUT2D eigenvalue weighted by molar-refractivity contribution is 0.00428. The van der Waals surface area contributed by atoms with Crippen LogP contribution in [0.1, 0.15) is 18.1 Å². The minimum atomic E-state index is -1.01. The first-order chi connectivity index (χ1) is 9.70. The SMILES string of the molecule is OCCC(O)C(O)c1ccc2oc3ccccc3c2c1. The molecule has 0 bridgehead atoms. The zero-order valence-corrected chi connectivity index (χ0v) is 10.9. The van der Waals surface area contributed by atoms with Gasteiger partial charge in [-0.25, -0.2) is 0 Å². The smallest absolute Gasteiger partial charge is 0.135 e. The summed E-state index contributed by atoms with van der Waals surface area (Å²) in [5.41, 5.74) is 2.16. The van der Waals surface area contributed by atoms with Crippen LogP contribution in [-0.4, -0.2) is 28.0 Å². The Balaban J connectivity index is 2.07. The van der Waals surface area contributed by atoms with Crippen molar-refractivity contribution in [3.63, 3.8) is 0 Å². The van der Waals surface area contributed by atoms with Crippen molar-refractivity contribution >= 4 is 21.9 Å². The molecule has 4 nitrogen and oxygen atoms in total. The molecule has 1 heterocycles. The van der Waals surface area contributed by atoms with Crippen molar-refractivity contribution in [1.29, 1.82) is 0 Å². The second-order valence-electron chi connectivity index (χ2n) is 4.88. The number of furan rings is 1. The Labute approximate surface area is 115 Å². The predicted octanol–water partition coefficient (Wildman–Crippen LogP) is 2.36. The van der Waals surface area contributed by atoms with E-state index >= 15 is 0 Å². The van der Waals surface area contributed by atoms with Crippen molar-refractivity contribution in [3.8, 4) is 0 Å². The third kappa shape index (κ3) is 2.18. The summed E-state index contributed by atoms with van der Waals surface area (Å²) < 4.78 is 5.71. The average molecular weight is 272 g/mol. The van der Waals surface area contributed by atoms with E-state index in [0.29, 0.717) is 5.56 Å². The fourth-order valence-corrected chi connectivity index (χ4v) is 2.44. The van der Waals surface area contributed by atoms with E-state index in [1.165, 1.54) is 0 Å². The molecule has 1 aromatic heterocycles. The number of para-hydroxylation sites is 1. The van der Waals surface area contributed by atoms with Crippen LogP contribution in [0.25, 0.3) is 21.9 Å². The van der Waals surface area contributed by atoms with Gasteiger partial charge >= 0.3 is 0 Å². The summed E-state index contributed by atoms with van der Waals surface area (Å²) in [6.07, 6.45) is -1.85. The van der Waals surface area contributed by atoms with Gasteiger partial charge in [-0.05, 0) is 30.2 Å². The molecule has 2 unspecified atom stereocenters. The average Bonchev–Trinajstić information content (AvgIpc) is 2.84.